The maximum atomic E-state index is 14.3. The molecular weight excluding hydrogens is 1320 g/mol. The van der Waals surface area contributed by atoms with Crippen LogP contribution in [0.2, 0.25) is 0 Å². The van der Waals surface area contributed by atoms with E-state index in [0.717, 1.165) is 54.2 Å². The van der Waals surface area contributed by atoms with Crippen LogP contribution in [0.5, 0.6) is 23.0 Å². The van der Waals surface area contributed by atoms with Crippen LogP contribution >= 0.6 is 11.8 Å². The van der Waals surface area contributed by atoms with E-state index in [1.165, 1.54) is 101 Å². The molecule has 10 rings (SSSR count). The average molecular weight is 1430 g/mol. The van der Waals surface area contributed by atoms with Crippen LogP contribution in [0.4, 0.5) is 22.7 Å². The normalized spacial score (nSPS) is 18.7. The predicted molar refractivity (Wildman–Crippen MR) is 410 cm³/mol. The first-order chi connectivity index (χ1) is 49.9. The summed E-state index contributed by atoms with van der Waals surface area (Å²) in [5.74, 6) is 1.07. The molecule has 3 N–H and O–H groups in total. The highest BCUT2D eigenvalue weighted by atomic mass is 32.2. The Morgan fingerprint density at radius 1 is 0.592 bits per heavy atom. The number of likely N-dealkylation sites (tertiary alicyclic amines) is 1. The van der Waals surface area contributed by atoms with Crippen molar-refractivity contribution in [1.29, 1.82) is 0 Å². The fraction of sp³-hybridized carbons (Fsp3) is 0.543. The topological polar surface area (TPSA) is 233 Å². The van der Waals surface area contributed by atoms with Crippen LogP contribution in [0.1, 0.15) is 201 Å². The zero-order chi connectivity index (χ0) is 72.9. The number of imide groups is 1. The van der Waals surface area contributed by atoms with Gasteiger partial charge in [0.2, 0.25) is 29.5 Å². The Kier molecular flexibility index (Phi) is 28.3. The number of piperazine rings is 1. The minimum atomic E-state index is -0.930. The molecule has 0 bridgehead atoms. The summed E-state index contributed by atoms with van der Waals surface area (Å²) >= 11 is 1.68. The first kappa shape index (κ1) is 77.1. The molecule has 6 heterocycles. The number of carbonyl (C=O) groups excluding carboxylic acids is 7. The van der Waals surface area contributed by atoms with Gasteiger partial charge in [0.15, 0.2) is 23.0 Å². The molecule has 2 unspecified atom stereocenters. The Labute approximate surface area is 613 Å². The molecular formula is C81H108N10O11S. The molecule has 21 nitrogen and oxygen atoms in total. The van der Waals surface area contributed by atoms with E-state index in [1.54, 1.807) is 78.2 Å². The maximum absolute atomic E-state index is 14.3. The minimum Gasteiger partial charge on any atom is -0.493 e. The standard InChI is InChI=1S/C81H108N10O11S/c1-9-11-13-15-17-20-25-56(24-19-16-14-12-10-2)53-103-73-48-75(93)89(81(73)98)35-22-18-21-26-74(92)86-76(54(3)4)78(95)84-55(5)77(94)85-61-31-27-57(28-32-61)59-42-63-49-82-67-46-71(69(99-7)44-65(67)79(96)90(63)51-59)101-40-23-41-102-72-47-68-66(45-70(72)100-8)80(97)91-52-60(43-64(91)50-83-68)58-29-33-62(34-30-58)88-38-36-87(6)37-39-88/h27-34,44-47,49-52,54-56,63-64,73,76H,9-26,35-43,48,53H2,1-8H3,(H,84,95)(H,85,94)(H,86,92)/t55-,56?,63-,64-,73?,76-/m0/s1. The molecule has 6 aliphatic rings. The highest BCUT2D eigenvalue weighted by Crippen LogP contribution is 2.43. The summed E-state index contributed by atoms with van der Waals surface area (Å²) in [5, 5.41) is 8.21. The van der Waals surface area contributed by atoms with Crippen LogP contribution in [-0.4, -0.2) is 176 Å². The van der Waals surface area contributed by atoms with E-state index in [2.05, 4.69) is 70.9 Å². The van der Waals surface area contributed by atoms with Crippen molar-refractivity contribution in [3.63, 3.8) is 0 Å². The molecule has 0 aromatic heterocycles. The van der Waals surface area contributed by atoms with Gasteiger partial charge in [0.05, 0.1) is 67.3 Å². The maximum Gasteiger partial charge on any atom is 0.260 e. The van der Waals surface area contributed by atoms with Crippen molar-refractivity contribution in [2.24, 2.45) is 21.8 Å². The molecule has 7 amide bonds. The van der Waals surface area contributed by atoms with E-state index in [0.29, 0.717) is 102 Å². The second-order valence-corrected chi connectivity index (χ2v) is 29.9. The van der Waals surface area contributed by atoms with Crippen LogP contribution in [-0.2, 0) is 24.0 Å². The number of nitrogens with one attached hydrogen (secondary N) is 3. The van der Waals surface area contributed by atoms with E-state index < -0.39 is 23.9 Å². The number of thioether (sulfide) groups is 1. The lowest BCUT2D eigenvalue weighted by molar-refractivity contribution is -0.138. The predicted octanol–water partition coefficient (Wildman–Crippen LogP) is 14.0. The van der Waals surface area contributed by atoms with E-state index in [9.17, 15) is 33.6 Å². The third-order valence-electron chi connectivity index (χ3n) is 20.6. The second-order valence-electron chi connectivity index (χ2n) is 28.7. The van der Waals surface area contributed by atoms with E-state index in [4.69, 9.17) is 28.9 Å². The van der Waals surface area contributed by atoms with Crippen LogP contribution < -0.4 is 39.8 Å². The van der Waals surface area contributed by atoms with E-state index >= 15 is 0 Å². The summed E-state index contributed by atoms with van der Waals surface area (Å²) in [4.78, 5) is 114. The van der Waals surface area contributed by atoms with Crippen molar-refractivity contribution >= 4 is 99.4 Å². The number of amides is 7. The zero-order valence-corrected chi connectivity index (χ0v) is 62.6. The van der Waals surface area contributed by atoms with Gasteiger partial charge in [-0.25, -0.2) is 0 Å². The lowest BCUT2D eigenvalue weighted by Crippen LogP contribution is -2.53. The average Bonchev–Trinajstić information content (AvgIpc) is 1.69. The van der Waals surface area contributed by atoms with Crippen molar-refractivity contribution in [3.8, 4) is 23.0 Å². The van der Waals surface area contributed by atoms with Gasteiger partial charge in [0, 0.05) is 113 Å². The quantitative estimate of drug-likeness (QED) is 0.0279. The van der Waals surface area contributed by atoms with Gasteiger partial charge < -0.3 is 54.5 Å². The Bertz CT molecular complexity index is 3740. The number of ether oxygens (including phenoxy) is 4. The van der Waals surface area contributed by atoms with Gasteiger partial charge >= 0.3 is 0 Å². The summed E-state index contributed by atoms with van der Waals surface area (Å²) < 4.78 is 23.9. The number of benzene rings is 4. The number of aliphatic imine (C=N–C) groups is 2. The lowest BCUT2D eigenvalue weighted by Gasteiger charge is -2.34. The highest BCUT2D eigenvalue weighted by molar-refractivity contribution is 8.00. The third-order valence-corrected chi connectivity index (χ3v) is 22.0. The van der Waals surface area contributed by atoms with Crippen LogP contribution in [0, 0.1) is 11.8 Å². The van der Waals surface area contributed by atoms with Gasteiger partial charge in [0.1, 0.15) is 12.1 Å². The van der Waals surface area contributed by atoms with Crippen LogP contribution in [0.25, 0.3) is 11.1 Å². The molecule has 4 aromatic rings. The molecule has 2 fully saturated rings. The Morgan fingerprint density at radius 3 is 1.65 bits per heavy atom. The lowest BCUT2D eigenvalue weighted by atomic mass is 9.96. The van der Waals surface area contributed by atoms with Gasteiger partial charge in [-0.05, 0) is 116 Å². The van der Waals surface area contributed by atoms with Crippen LogP contribution in [0.3, 0.4) is 0 Å². The number of hydrogen-bond acceptors (Lipinski definition) is 16. The van der Waals surface area contributed by atoms with Crippen molar-refractivity contribution in [2.45, 2.75) is 199 Å². The number of unbranched alkanes of at least 4 members (excludes halogenated alkanes) is 11. The van der Waals surface area contributed by atoms with Gasteiger partial charge in [-0.3, -0.25) is 48.4 Å². The van der Waals surface area contributed by atoms with Crippen molar-refractivity contribution in [1.82, 2.24) is 30.2 Å². The summed E-state index contributed by atoms with van der Waals surface area (Å²) in [7, 11) is 5.21. The molecule has 6 atom stereocenters. The highest BCUT2D eigenvalue weighted by Gasteiger charge is 2.40. The molecule has 0 aliphatic carbocycles. The zero-order valence-electron chi connectivity index (χ0n) is 61.8. The molecule has 554 valence electrons. The monoisotopic (exact) mass is 1430 g/mol. The Balaban J connectivity index is 0.634. The number of anilines is 2. The molecule has 0 spiro atoms. The number of nitrogens with zero attached hydrogens (tertiary/aromatic N) is 7. The smallest absolute Gasteiger partial charge is 0.260 e. The number of rotatable bonds is 39. The molecule has 6 aliphatic heterocycles. The summed E-state index contributed by atoms with van der Waals surface area (Å²) in [6, 6.07) is 20.3. The van der Waals surface area contributed by atoms with Crippen molar-refractivity contribution in [3.05, 3.63) is 107 Å². The van der Waals surface area contributed by atoms with Crippen LogP contribution in [0.15, 0.2) is 95.2 Å². The first-order valence-corrected chi connectivity index (χ1v) is 38.8. The fourth-order valence-electron chi connectivity index (χ4n) is 14.2. The number of likely N-dealkylation sites (N-methyl/N-ethyl adjacent to an activating group) is 1. The minimum absolute atomic E-state index is 0.0817. The van der Waals surface area contributed by atoms with Gasteiger partial charge in [-0.2, -0.15) is 0 Å². The SMILES string of the molecule is CCCCCCCCC(CCCCCCC)CSC1CC(=O)N(CCCCCC(=O)N[C@H](C(=O)N[C@@H](C)C(=O)Nc2ccc(C3=CN4C(=O)c5cc(OC)c(OCCCOc6cc7c(cc6OC)C(=O)N6C=C(c8ccc(N9CCN(C)CC9)cc8)C[C@H]6C=N7)cc5N=C[C@@H]4C3)cc2)C(C)C)C1=O. The summed E-state index contributed by atoms with van der Waals surface area (Å²) in [6.45, 7) is 14.7. The first-order valence-electron chi connectivity index (χ1n) is 37.8. The van der Waals surface area contributed by atoms with E-state index in [1.807, 2.05) is 44.6 Å². The third kappa shape index (κ3) is 20.5. The molecule has 4 aromatic carbocycles. The largest absolute Gasteiger partial charge is 0.493 e. The Hall–Kier alpha value is -8.50. The van der Waals surface area contributed by atoms with Crippen molar-refractivity contribution in [2.75, 3.05) is 83.2 Å². The molecule has 22 heteroatoms. The summed E-state index contributed by atoms with van der Waals surface area (Å²) in [6.07, 6.45) is 27.5. The fourth-order valence-corrected chi connectivity index (χ4v) is 15.6. The molecule has 103 heavy (non-hydrogen) atoms. The number of fused-ring (bicyclic) bond motifs is 4. The van der Waals surface area contributed by atoms with Gasteiger partial charge in [0.25, 0.3) is 11.8 Å². The summed E-state index contributed by atoms with van der Waals surface area (Å²) in [5.41, 5.74) is 7.36. The molecule has 2 saturated heterocycles. The van der Waals surface area contributed by atoms with Gasteiger partial charge in [-0.15, -0.1) is 11.8 Å². The number of hydrogen-bond donors (Lipinski definition) is 3. The molecule has 0 radical (unpaired) electrons. The molecule has 0 saturated carbocycles. The number of carbonyl (C=O) groups is 7. The van der Waals surface area contributed by atoms with Crippen molar-refractivity contribution < 1.29 is 52.5 Å². The Morgan fingerprint density at radius 2 is 1.12 bits per heavy atom. The van der Waals surface area contributed by atoms with Gasteiger partial charge in [-0.1, -0.05) is 129 Å². The second kappa shape index (κ2) is 37.8. The number of methoxy groups -OCH3 is 2. The van der Waals surface area contributed by atoms with E-state index in [-0.39, 0.29) is 78.8 Å².